The summed E-state index contributed by atoms with van der Waals surface area (Å²) in [5.74, 6) is 0.784. The van der Waals surface area contributed by atoms with E-state index in [0.717, 1.165) is 5.56 Å². The van der Waals surface area contributed by atoms with Gasteiger partial charge in [-0.1, -0.05) is 0 Å². The predicted molar refractivity (Wildman–Crippen MR) is 68.2 cm³/mol. The van der Waals surface area contributed by atoms with Gasteiger partial charge in [-0.25, -0.2) is 9.37 Å². The zero-order valence-corrected chi connectivity index (χ0v) is 10.4. The Bertz CT molecular complexity index is 513. The minimum absolute atomic E-state index is 0.226. The fraction of sp³-hybridized carbons (Fsp3) is 0.214. The number of ether oxygens (including phenoxy) is 1. The Morgan fingerprint density at radius 2 is 1.94 bits per heavy atom. The number of benzene rings is 1. The molecular weight excluding hydrogens is 231 g/mol. The molecule has 0 saturated heterocycles. The van der Waals surface area contributed by atoms with Crippen LogP contribution in [-0.2, 0) is 0 Å². The van der Waals surface area contributed by atoms with E-state index < -0.39 is 0 Å². The first-order valence-electron chi connectivity index (χ1n) is 5.75. The summed E-state index contributed by atoms with van der Waals surface area (Å²) in [4.78, 5) is 4.13. The van der Waals surface area contributed by atoms with Crippen LogP contribution in [0.15, 0.2) is 42.6 Å². The van der Waals surface area contributed by atoms with Gasteiger partial charge in [-0.15, -0.1) is 0 Å². The van der Waals surface area contributed by atoms with Gasteiger partial charge in [0.05, 0.1) is 0 Å². The molecule has 0 bridgehead atoms. The number of rotatable bonds is 4. The zero-order chi connectivity index (χ0) is 13.0. The summed E-state index contributed by atoms with van der Waals surface area (Å²) in [6.45, 7) is 2.05. The van der Waals surface area contributed by atoms with Crippen LogP contribution in [0.4, 0.5) is 4.39 Å². The first-order chi connectivity index (χ1) is 8.69. The van der Waals surface area contributed by atoms with E-state index in [1.807, 2.05) is 19.2 Å². The highest BCUT2D eigenvalue weighted by molar-refractivity contribution is 5.30. The third kappa shape index (κ3) is 3.05. The molecule has 1 aromatic carbocycles. The molecule has 2 rings (SSSR count). The minimum Gasteiger partial charge on any atom is -0.439 e. The van der Waals surface area contributed by atoms with E-state index in [1.165, 1.54) is 12.1 Å². The van der Waals surface area contributed by atoms with Gasteiger partial charge in [-0.3, -0.25) is 0 Å². The summed E-state index contributed by atoms with van der Waals surface area (Å²) in [6, 6.07) is 9.88. The monoisotopic (exact) mass is 246 g/mol. The number of halogens is 1. The van der Waals surface area contributed by atoms with Gasteiger partial charge < -0.3 is 10.1 Å². The summed E-state index contributed by atoms with van der Waals surface area (Å²) in [7, 11) is 1.89. The maximum absolute atomic E-state index is 12.8. The third-order valence-electron chi connectivity index (χ3n) is 2.73. The van der Waals surface area contributed by atoms with Crippen molar-refractivity contribution in [2.24, 2.45) is 0 Å². The van der Waals surface area contributed by atoms with Gasteiger partial charge in [0, 0.05) is 18.3 Å². The Labute approximate surface area is 106 Å². The lowest BCUT2D eigenvalue weighted by atomic mass is 10.1. The lowest BCUT2D eigenvalue weighted by molar-refractivity contribution is 0.459. The molecule has 0 aliphatic carbocycles. The smallest absolute Gasteiger partial charge is 0.219 e. The Morgan fingerprint density at radius 3 is 2.61 bits per heavy atom. The van der Waals surface area contributed by atoms with E-state index in [2.05, 4.69) is 17.2 Å². The highest BCUT2D eigenvalue weighted by atomic mass is 19.1. The SMILES string of the molecule is CNC(C)c1ccnc(Oc2ccc(F)cc2)c1. The van der Waals surface area contributed by atoms with Crippen LogP contribution in [-0.4, -0.2) is 12.0 Å². The number of hydrogen-bond acceptors (Lipinski definition) is 3. The molecule has 18 heavy (non-hydrogen) atoms. The van der Waals surface area contributed by atoms with Crippen molar-refractivity contribution in [3.8, 4) is 11.6 Å². The van der Waals surface area contributed by atoms with Gasteiger partial charge in [-0.2, -0.15) is 0 Å². The number of nitrogens with zero attached hydrogens (tertiary/aromatic N) is 1. The lowest BCUT2D eigenvalue weighted by Gasteiger charge is -2.11. The van der Waals surface area contributed by atoms with Crippen LogP contribution in [0.1, 0.15) is 18.5 Å². The molecule has 0 aliphatic heterocycles. The van der Waals surface area contributed by atoms with Crippen LogP contribution in [0, 0.1) is 5.82 Å². The van der Waals surface area contributed by atoms with Crippen molar-refractivity contribution in [2.75, 3.05) is 7.05 Å². The van der Waals surface area contributed by atoms with Crippen LogP contribution in [0.3, 0.4) is 0 Å². The van der Waals surface area contributed by atoms with Gasteiger partial charge in [-0.05, 0) is 49.9 Å². The summed E-state index contributed by atoms with van der Waals surface area (Å²) in [6.07, 6.45) is 1.70. The fourth-order valence-corrected chi connectivity index (χ4v) is 1.54. The maximum atomic E-state index is 12.8. The fourth-order valence-electron chi connectivity index (χ4n) is 1.54. The van der Waals surface area contributed by atoms with E-state index in [9.17, 15) is 4.39 Å². The van der Waals surface area contributed by atoms with Crippen molar-refractivity contribution in [1.29, 1.82) is 0 Å². The van der Waals surface area contributed by atoms with Crippen molar-refractivity contribution >= 4 is 0 Å². The second-order valence-electron chi connectivity index (χ2n) is 3.99. The largest absolute Gasteiger partial charge is 0.439 e. The molecule has 1 unspecified atom stereocenters. The second kappa shape index (κ2) is 5.60. The number of nitrogens with one attached hydrogen (secondary N) is 1. The van der Waals surface area contributed by atoms with Crippen LogP contribution in [0.5, 0.6) is 11.6 Å². The third-order valence-corrected chi connectivity index (χ3v) is 2.73. The molecule has 1 N–H and O–H groups in total. The van der Waals surface area contributed by atoms with E-state index in [4.69, 9.17) is 4.74 Å². The van der Waals surface area contributed by atoms with Gasteiger partial charge in [0.15, 0.2) is 0 Å². The van der Waals surface area contributed by atoms with E-state index in [0.29, 0.717) is 11.6 Å². The second-order valence-corrected chi connectivity index (χ2v) is 3.99. The number of pyridine rings is 1. The average molecular weight is 246 g/mol. The molecular formula is C14H15FN2O. The topological polar surface area (TPSA) is 34.2 Å². The summed E-state index contributed by atoms with van der Waals surface area (Å²) in [5.41, 5.74) is 1.09. The highest BCUT2D eigenvalue weighted by Crippen LogP contribution is 2.22. The summed E-state index contributed by atoms with van der Waals surface area (Å²) < 4.78 is 18.3. The highest BCUT2D eigenvalue weighted by Gasteiger charge is 2.05. The van der Waals surface area contributed by atoms with Gasteiger partial charge in [0.25, 0.3) is 0 Å². The molecule has 0 amide bonds. The van der Waals surface area contributed by atoms with Gasteiger partial charge in [0.1, 0.15) is 11.6 Å². The number of hydrogen-bond donors (Lipinski definition) is 1. The van der Waals surface area contributed by atoms with E-state index in [-0.39, 0.29) is 11.9 Å². The van der Waals surface area contributed by atoms with Gasteiger partial charge in [0.2, 0.25) is 5.88 Å². The average Bonchev–Trinajstić information content (AvgIpc) is 2.41. The van der Waals surface area contributed by atoms with Crippen LogP contribution < -0.4 is 10.1 Å². The molecule has 1 heterocycles. The Balaban J connectivity index is 2.16. The Hall–Kier alpha value is -1.94. The molecule has 0 aliphatic rings. The predicted octanol–water partition coefficient (Wildman–Crippen LogP) is 3.29. The molecule has 94 valence electrons. The van der Waals surface area contributed by atoms with E-state index in [1.54, 1.807) is 18.3 Å². The summed E-state index contributed by atoms with van der Waals surface area (Å²) in [5, 5.41) is 3.15. The van der Waals surface area contributed by atoms with Crippen LogP contribution in [0.25, 0.3) is 0 Å². The first-order valence-corrected chi connectivity index (χ1v) is 5.75. The van der Waals surface area contributed by atoms with E-state index >= 15 is 0 Å². The molecule has 2 aromatic rings. The summed E-state index contributed by atoms with van der Waals surface area (Å²) >= 11 is 0. The van der Waals surface area contributed by atoms with Crippen molar-refractivity contribution in [3.63, 3.8) is 0 Å². The maximum Gasteiger partial charge on any atom is 0.219 e. The van der Waals surface area contributed by atoms with Crippen LogP contribution >= 0.6 is 0 Å². The quantitative estimate of drug-likeness (QED) is 0.898. The Morgan fingerprint density at radius 1 is 1.22 bits per heavy atom. The van der Waals surface area contributed by atoms with Crippen molar-refractivity contribution < 1.29 is 9.13 Å². The molecule has 1 atom stereocenters. The first kappa shape index (κ1) is 12.5. The normalized spacial score (nSPS) is 12.2. The van der Waals surface area contributed by atoms with Crippen molar-refractivity contribution in [2.45, 2.75) is 13.0 Å². The number of aromatic nitrogens is 1. The molecule has 1 aromatic heterocycles. The van der Waals surface area contributed by atoms with Crippen molar-refractivity contribution in [1.82, 2.24) is 10.3 Å². The van der Waals surface area contributed by atoms with Gasteiger partial charge >= 0.3 is 0 Å². The standard InChI is InChI=1S/C14H15FN2O/c1-10(16-2)11-7-8-17-14(9-11)18-13-5-3-12(15)4-6-13/h3-10,16H,1-2H3. The Kier molecular flexibility index (Phi) is 3.89. The molecule has 4 heteroatoms. The molecule has 0 saturated carbocycles. The molecule has 0 spiro atoms. The molecule has 0 radical (unpaired) electrons. The minimum atomic E-state index is -0.284. The lowest BCUT2D eigenvalue weighted by Crippen LogP contribution is -2.12. The zero-order valence-electron chi connectivity index (χ0n) is 10.4. The molecule has 0 fully saturated rings. The molecule has 3 nitrogen and oxygen atoms in total. The van der Waals surface area contributed by atoms with Crippen LogP contribution in [0.2, 0.25) is 0 Å². The van der Waals surface area contributed by atoms with Crippen molar-refractivity contribution in [3.05, 3.63) is 54.0 Å².